The lowest BCUT2D eigenvalue weighted by Crippen LogP contribution is -2.37. The molecule has 1 atom stereocenters. The highest BCUT2D eigenvalue weighted by Crippen LogP contribution is 2.18. The number of carbonyl (C=O) groups excluding carboxylic acids is 3. The molecule has 6 nitrogen and oxygen atoms in total. The quantitative estimate of drug-likeness (QED) is 0.632. The van der Waals surface area contributed by atoms with E-state index in [2.05, 4.69) is 15.4 Å². The van der Waals surface area contributed by atoms with Gasteiger partial charge in [0.05, 0.1) is 12.7 Å². The van der Waals surface area contributed by atoms with E-state index in [1.807, 2.05) is 12.1 Å². The fraction of sp³-hybridized carbons (Fsp3) is 0.0870. The van der Waals surface area contributed by atoms with Gasteiger partial charge in [0.1, 0.15) is 6.04 Å². The summed E-state index contributed by atoms with van der Waals surface area (Å²) in [6, 6.07) is 23.1. The Kier molecular flexibility index (Phi) is 6.37. The van der Waals surface area contributed by atoms with Gasteiger partial charge in [0.2, 0.25) is 0 Å². The number of methoxy groups -OCH3 is 1. The van der Waals surface area contributed by atoms with Crippen LogP contribution in [0.3, 0.4) is 0 Å². The van der Waals surface area contributed by atoms with Crippen molar-refractivity contribution in [2.24, 2.45) is 0 Å². The van der Waals surface area contributed by atoms with Crippen molar-refractivity contribution in [2.45, 2.75) is 6.04 Å². The molecule has 29 heavy (non-hydrogen) atoms. The minimum atomic E-state index is -0.885. The molecule has 0 fully saturated rings. The number of anilines is 1. The van der Waals surface area contributed by atoms with Gasteiger partial charge in [-0.2, -0.15) is 0 Å². The predicted octanol–water partition coefficient (Wildman–Crippen LogP) is 3.58. The summed E-state index contributed by atoms with van der Waals surface area (Å²) in [5, 5.41) is 5.56. The third kappa shape index (κ3) is 5.07. The van der Waals surface area contributed by atoms with Crippen LogP contribution in [0.2, 0.25) is 0 Å². The van der Waals surface area contributed by atoms with Gasteiger partial charge in [0, 0.05) is 11.3 Å². The van der Waals surface area contributed by atoms with Crippen LogP contribution >= 0.6 is 0 Å². The number of carbonyl (C=O) groups is 3. The van der Waals surface area contributed by atoms with Crippen LogP contribution < -0.4 is 10.6 Å². The van der Waals surface area contributed by atoms with Crippen molar-refractivity contribution in [3.8, 4) is 0 Å². The van der Waals surface area contributed by atoms with E-state index in [9.17, 15) is 14.4 Å². The van der Waals surface area contributed by atoms with Gasteiger partial charge in [-0.1, -0.05) is 48.5 Å². The standard InChI is InChI=1S/C23H20N2O4/c1-29-23(28)18-12-14-19(15-13-18)24-22(27)20(16-8-4-2-5-9-16)25-21(26)17-10-6-3-7-11-17/h2-15,20H,1H3,(H,24,27)(H,25,26). The molecule has 146 valence electrons. The molecule has 0 spiro atoms. The predicted molar refractivity (Wildman–Crippen MR) is 110 cm³/mol. The molecule has 0 aliphatic carbocycles. The van der Waals surface area contributed by atoms with Gasteiger partial charge >= 0.3 is 5.97 Å². The van der Waals surface area contributed by atoms with Crippen LogP contribution in [-0.2, 0) is 9.53 Å². The summed E-state index contributed by atoms with van der Waals surface area (Å²) < 4.78 is 4.67. The maximum Gasteiger partial charge on any atom is 0.337 e. The number of amides is 2. The third-order valence-electron chi connectivity index (χ3n) is 4.28. The molecule has 1 unspecified atom stereocenters. The summed E-state index contributed by atoms with van der Waals surface area (Å²) in [5.41, 5.74) is 1.99. The average Bonchev–Trinajstić information content (AvgIpc) is 2.78. The van der Waals surface area contributed by atoms with E-state index in [1.165, 1.54) is 7.11 Å². The van der Waals surface area contributed by atoms with Crippen LogP contribution in [-0.4, -0.2) is 24.9 Å². The largest absolute Gasteiger partial charge is 0.465 e. The Balaban J connectivity index is 1.79. The van der Waals surface area contributed by atoms with Crippen molar-refractivity contribution < 1.29 is 19.1 Å². The minimum absolute atomic E-state index is 0.351. The van der Waals surface area contributed by atoms with E-state index in [4.69, 9.17) is 0 Å². The number of ether oxygens (including phenoxy) is 1. The van der Waals surface area contributed by atoms with Crippen LogP contribution in [0.15, 0.2) is 84.9 Å². The zero-order chi connectivity index (χ0) is 20.6. The summed E-state index contributed by atoms with van der Waals surface area (Å²) in [7, 11) is 1.30. The molecule has 3 rings (SSSR count). The Hall–Kier alpha value is -3.93. The van der Waals surface area contributed by atoms with Crippen LogP contribution in [0, 0.1) is 0 Å². The Labute approximate surface area is 168 Å². The Morgan fingerprint density at radius 3 is 1.93 bits per heavy atom. The van der Waals surface area contributed by atoms with E-state index in [0.29, 0.717) is 22.4 Å². The van der Waals surface area contributed by atoms with E-state index < -0.39 is 17.9 Å². The van der Waals surface area contributed by atoms with Crippen molar-refractivity contribution in [2.75, 3.05) is 12.4 Å². The van der Waals surface area contributed by atoms with Gasteiger partial charge in [-0.25, -0.2) is 4.79 Å². The zero-order valence-corrected chi connectivity index (χ0v) is 15.8. The molecular formula is C23H20N2O4. The van der Waals surface area contributed by atoms with E-state index in [-0.39, 0.29) is 5.91 Å². The zero-order valence-electron chi connectivity index (χ0n) is 15.8. The summed E-state index contributed by atoms with van der Waals surface area (Å²) in [5.74, 6) is -1.21. The van der Waals surface area contributed by atoms with Crippen molar-refractivity contribution >= 4 is 23.5 Å². The second-order valence-electron chi connectivity index (χ2n) is 6.24. The van der Waals surface area contributed by atoms with Crippen molar-refractivity contribution in [3.05, 3.63) is 102 Å². The number of nitrogens with one attached hydrogen (secondary N) is 2. The summed E-state index contributed by atoms with van der Waals surface area (Å²) >= 11 is 0. The molecule has 0 saturated heterocycles. The second-order valence-corrected chi connectivity index (χ2v) is 6.24. The maximum absolute atomic E-state index is 12.9. The molecule has 6 heteroatoms. The second kappa shape index (κ2) is 9.32. The normalized spacial score (nSPS) is 11.2. The molecule has 0 radical (unpaired) electrons. The highest BCUT2D eigenvalue weighted by molar-refractivity contribution is 6.01. The molecule has 0 bridgehead atoms. The lowest BCUT2D eigenvalue weighted by Gasteiger charge is -2.19. The van der Waals surface area contributed by atoms with Crippen molar-refractivity contribution in [1.82, 2.24) is 5.32 Å². The maximum atomic E-state index is 12.9. The Morgan fingerprint density at radius 2 is 1.34 bits per heavy atom. The van der Waals surface area contributed by atoms with E-state index >= 15 is 0 Å². The lowest BCUT2D eigenvalue weighted by atomic mass is 10.0. The highest BCUT2D eigenvalue weighted by Gasteiger charge is 2.23. The monoisotopic (exact) mass is 388 g/mol. The molecule has 0 aromatic heterocycles. The molecule has 0 saturated carbocycles. The van der Waals surface area contributed by atoms with Gasteiger partial charge in [0.25, 0.3) is 11.8 Å². The van der Waals surface area contributed by atoms with Gasteiger partial charge in [-0.15, -0.1) is 0 Å². The molecule has 0 heterocycles. The number of hydrogen-bond donors (Lipinski definition) is 2. The van der Waals surface area contributed by atoms with Gasteiger partial charge in [-0.05, 0) is 42.0 Å². The molecular weight excluding hydrogens is 368 g/mol. The lowest BCUT2D eigenvalue weighted by molar-refractivity contribution is -0.118. The van der Waals surface area contributed by atoms with Crippen LogP contribution in [0.1, 0.15) is 32.3 Å². The topological polar surface area (TPSA) is 84.5 Å². The average molecular weight is 388 g/mol. The van der Waals surface area contributed by atoms with Gasteiger partial charge in [-0.3, -0.25) is 9.59 Å². The highest BCUT2D eigenvalue weighted by atomic mass is 16.5. The van der Waals surface area contributed by atoms with E-state index in [1.54, 1.807) is 72.8 Å². The first kappa shape index (κ1) is 19.8. The van der Waals surface area contributed by atoms with Crippen LogP contribution in [0.4, 0.5) is 5.69 Å². The van der Waals surface area contributed by atoms with Crippen LogP contribution in [0.5, 0.6) is 0 Å². The fourth-order valence-corrected chi connectivity index (χ4v) is 2.77. The summed E-state index contributed by atoms with van der Waals surface area (Å²) in [4.78, 5) is 37.1. The Bertz CT molecular complexity index is 986. The summed E-state index contributed by atoms with van der Waals surface area (Å²) in [6.45, 7) is 0. The molecule has 3 aromatic carbocycles. The summed E-state index contributed by atoms with van der Waals surface area (Å²) in [6.07, 6.45) is 0. The van der Waals surface area contributed by atoms with Crippen LogP contribution in [0.25, 0.3) is 0 Å². The number of benzene rings is 3. The molecule has 3 aromatic rings. The van der Waals surface area contributed by atoms with Crippen molar-refractivity contribution in [3.63, 3.8) is 0 Å². The number of rotatable bonds is 6. The molecule has 2 amide bonds. The number of esters is 1. The van der Waals surface area contributed by atoms with Gasteiger partial charge in [0.15, 0.2) is 0 Å². The van der Waals surface area contributed by atoms with E-state index in [0.717, 1.165) is 0 Å². The molecule has 0 aliphatic rings. The third-order valence-corrected chi connectivity index (χ3v) is 4.28. The number of hydrogen-bond acceptors (Lipinski definition) is 4. The first-order valence-corrected chi connectivity index (χ1v) is 8.98. The molecule has 2 N–H and O–H groups in total. The smallest absolute Gasteiger partial charge is 0.337 e. The molecule has 0 aliphatic heterocycles. The van der Waals surface area contributed by atoms with Gasteiger partial charge < -0.3 is 15.4 Å². The SMILES string of the molecule is COC(=O)c1ccc(NC(=O)C(NC(=O)c2ccccc2)c2ccccc2)cc1. The van der Waals surface area contributed by atoms with Crippen molar-refractivity contribution in [1.29, 1.82) is 0 Å². The Morgan fingerprint density at radius 1 is 0.759 bits per heavy atom. The minimum Gasteiger partial charge on any atom is -0.465 e. The first-order chi connectivity index (χ1) is 14.1. The first-order valence-electron chi connectivity index (χ1n) is 8.98. The fourth-order valence-electron chi connectivity index (χ4n) is 2.77.